The van der Waals surface area contributed by atoms with Crippen LogP contribution in [0, 0.1) is 11.8 Å². The largest absolute Gasteiger partial charge is 0.345 e. The molecule has 1 aliphatic heterocycles. The third kappa shape index (κ3) is 6.23. The molecule has 0 bridgehead atoms. The minimum absolute atomic E-state index is 0.00348. The lowest BCUT2D eigenvalue weighted by Crippen LogP contribution is -2.47. The zero-order chi connectivity index (χ0) is 20.7. The monoisotopic (exact) mass is 388 g/mol. The number of benzene rings is 1. The summed E-state index contributed by atoms with van der Waals surface area (Å²) in [6.45, 7) is 6.76. The number of nitrogens with zero attached hydrogens (tertiary/aromatic N) is 3. The van der Waals surface area contributed by atoms with E-state index in [2.05, 4.69) is 13.8 Å². The van der Waals surface area contributed by atoms with Crippen LogP contribution in [0.1, 0.15) is 38.7 Å². The maximum atomic E-state index is 12.7. The number of amides is 3. The van der Waals surface area contributed by atoms with E-state index in [1.54, 1.807) is 4.90 Å². The van der Waals surface area contributed by atoms with Gasteiger partial charge in [-0.2, -0.15) is 0 Å². The number of urea groups is 1. The normalized spacial score (nSPS) is 16.1. The van der Waals surface area contributed by atoms with Crippen LogP contribution in [0.5, 0.6) is 0 Å². The average Bonchev–Trinajstić information content (AvgIpc) is 2.71. The maximum Gasteiger partial charge on any atom is 0.320 e. The van der Waals surface area contributed by atoms with E-state index in [4.69, 9.17) is 5.73 Å². The molecular formula is C22H36N4O2. The summed E-state index contributed by atoms with van der Waals surface area (Å²) >= 11 is 0. The molecule has 0 radical (unpaired) electrons. The first-order valence-corrected chi connectivity index (χ1v) is 10.3. The highest BCUT2D eigenvalue weighted by Gasteiger charge is 2.30. The highest BCUT2D eigenvalue weighted by Crippen LogP contribution is 2.21. The molecular weight excluding hydrogens is 352 g/mol. The van der Waals surface area contributed by atoms with Crippen molar-refractivity contribution >= 4 is 11.9 Å². The minimum atomic E-state index is 0.00348. The Morgan fingerprint density at radius 3 is 2.29 bits per heavy atom. The van der Waals surface area contributed by atoms with Crippen LogP contribution in [0.15, 0.2) is 30.3 Å². The first kappa shape index (κ1) is 22.2. The molecule has 6 nitrogen and oxygen atoms in total. The minimum Gasteiger partial charge on any atom is -0.345 e. The second kappa shape index (κ2) is 10.5. The summed E-state index contributed by atoms with van der Waals surface area (Å²) < 4.78 is 0. The molecule has 0 spiro atoms. The van der Waals surface area contributed by atoms with Gasteiger partial charge in [0.2, 0.25) is 5.91 Å². The van der Waals surface area contributed by atoms with Crippen LogP contribution < -0.4 is 5.73 Å². The molecule has 28 heavy (non-hydrogen) atoms. The lowest BCUT2D eigenvalue weighted by Gasteiger charge is -2.35. The van der Waals surface area contributed by atoms with Gasteiger partial charge in [-0.15, -0.1) is 0 Å². The van der Waals surface area contributed by atoms with Crippen molar-refractivity contribution in [3.8, 4) is 0 Å². The van der Waals surface area contributed by atoms with Gasteiger partial charge in [-0.05, 0) is 30.7 Å². The number of piperidine rings is 1. The van der Waals surface area contributed by atoms with Gasteiger partial charge in [-0.1, -0.05) is 44.2 Å². The van der Waals surface area contributed by atoms with E-state index in [0.717, 1.165) is 24.8 Å². The summed E-state index contributed by atoms with van der Waals surface area (Å²) in [4.78, 5) is 30.8. The topological polar surface area (TPSA) is 69.9 Å². The maximum absolute atomic E-state index is 12.7. The molecule has 1 fully saturated rings. The standard InChI is InChI=1S/C22H36N4O2/c1-17(2)20(23)12-13-24(3)21(27)19-10-14-26(15-11-19)22(28)25(4)16-18-8-6-5-7-9-18/h5-9,17,19-20H,10-16,23H2,1-4H3. The van der Waals surface area contributed by atoms with Crippen LogP contribution in [0.4, 0.5) is 4.79 Å². The van der Waals surface area contributed by atoms with Gasteiger partial charge in [0.1, 0.15) is 0 Å². The third-order valence-corrected chi connectivity index (χ3v) is 5.73. The Hall–Kier alpha value is -2.08. The van der Waals surface area contributed by atoms with Crippen molar-refractivity contribution in [3.05, 3.63) is 35.9 Å². The van der Waals surface area contributed by atoms with E-state index in [1.807, 2.05) is 54.2 Å². The van der Waals surface area contributed by atoms with Gasteiger partial charge in [-0.3, -0.25) is 4.79 Å². The number of carbonyl (C=O) groups is 2. The number of carbonyl (C=O) groups excluding carboxylic acids is 2. The molecule has 1 aromatic carbocycles. The summed E-state index contributed by atoms with van der Waals surface area (Å²) in [7, 11) is 3.69. The highest BCUT2D eigenvalue weighted by atomic mass is 16.2. The second-order valence-corrected chi connectivity index (χ2v) is 8.34. The van der Waals surface area contributed by atoms with Crippen LogP contribution in [-0.4, -0.2) is 66.4 Å². The quantitative estimate of drug-likeness (QED) is 0.781. The first-order valence-electron chi connectivity index (χ1n) is 10.3. The lowest BCUT2D eigenvalue weighted by atomic mass is 9.95. The molecule has 1 heterocycles. The summed E-state index contributed by atoms with van der Waals surface area (Å²) in [5, 5.41) is 0. The van der Waals surface area contributed by atoms with Crippen molar-refractivity contribution in [2.24, 2.45) is 17.6 Å². The SMILES string of the molecule is CC(C)C(N)CCN(C)C(=O)C1CCN(C(=O)N(C)Cc2ccccc2)CC1. The van der Waals surface area contributed by atoms with Crippen LogP contribution in [0.2, 0.25) is 0 Å². The van der Waals surface area contributed by atoms with E-state index >= 15 is 0 Å². The Bertz CT molecular complexity index is 627. The zero-order valence-electron chi connectivity index (χ0n) is 17.8. The Morgan fingerprint density at radius 2 is 1.71 bits per heavy atom. The van der Waals surface area contributed by atoms with Crippen LogP contribution in [0.25, 0.3) is 0 Å². The van der Waals surface area contributed by atoms with Crippen LogP contribution >= 0.6 is 0 Å². The molecule has 156 valence electrons. The number of hydrogen-bond acceptors (Lipinski definition) is 3. The third-order valence-electron chi connectivity index (χ3n) is 5.73. The van der Waals surface area contributed by atoms with E-state index in [0.29, 0.717) is 32.1 Å². The van der Waals surface area contributed by atoms with Crippen molar-refractivity contribution in [1.82, 2.24) is 14.7 Å². The van der Waals surface area contributed by atoms with Crippen LogP contribution in [0.3, 0.4) is 0 Å². The van der Waals surface area contributed by atoms with Gasteiger partial charge >= 0.3 is 6.03 Å². The van der Waals surface area contributed by atoms with E-state index in [1.165, 1.54) is 0 Å². The van der Waals surface area contributed by atoms with Gasteiger partial charge in [-0.25, -0.2) is 4.79 Å². The van der Waals surface area contributed by atoms with Crippen molar-refractivity contribution in [2.45, 2.75) is 45.7 Å². The van der Waals surface area contributed by atoms with Crippen LogP contribution in [-0.2, 0) is 11.3 Å². The predicted molar refractivity (Wildman–Crippen MR) is 113 cm³/mol. The second-order valence-electron chi connectivity index (χ2n) is 8.34. The van der Waals surface area contributed by atoms with Crippen molar-refractivity contribution in [1.29, 1.82) is 0 Å². The average molecular weight is 389 g/mol. The van der Waals surface area contributed by atoms with Gasteiger partial charge in [0.05, 0.1) is 0 Å². The number of likely N-dealkylation sites (tertiary alicyclic amines) is 1. The zero-order valence-corrected chi connectivity index (χ0v) is 17.8. The fourth-order valence-corrected chi connectivity index (χ4v) is 3.58. The van der Waals surface area contributed by atoms with Gasteiger partial charge < -0.3 is 20.4 Å². The lowest BCUT2D eigenvalue weighted by molar-refractivity contribution is -0.135. The molecule has 1 unspecified atom stereocenters. The number of hydrogen-bond donors (Lipinski definition) is 1. The Labute approximate surface area is 169 Å². The molecule has 1 atom stereocenters. The smallest absolute Gasteiger partial charge is 0.320 e. The Balaban J connectivity index is 1.78. The molecule has 1 aliphatic rings. The summed E-state index contributed by atoms with van der Waals surface area (Å²) in [5.74, 6) is 0.607. The summed E-state index contributed by atoms with van der Waals surface area (Å²) in [6, 6.07) is 10.1. The Kier molecular flexibility index (Phi) is 8.30. The first-order chi connectivity index (χ1) is 13.3. The molecule has 0 aliphatic carbocycles. The number of rotatable bonds is 7. The summed E-state index contributed by atoms with van der Waals surface area (Å²) in [5.41, 5.74) is 7.21. The molecule has 6 heteroatoms. The molecule has 3 amide bonds. The van der Waals surface area contributed by atoms with Gasteiger partial charge in [0.15, 0.2) is 0 Å². The molecule has 2 N–H and O–H groups in total. The van der Waals surface area contributed by atoms with Crippen molar-refractivity contribution in [2.75, 3.05) is 33.7 Å². The Morgan fingerprint density at radius 1 is 1.11 bits per heavy atom. The highest BCUT2D eigenvalue weighted by molar-refractivity contribution is 5.79. The van der Waals surface area contributed by atoms with Gasteiger partial charge in [0, 0.05) is 52.2 Å². The molecule has 1 saturated heterocycles. The van der Waals surface area contributed by atoms with Crippen molar-refractivity contribution in [3.63, 3.8) is 0 Å². The fourth-order valence-electron chi connectivity index (χ4n) is 3.58. The summed E-state index contributed by atoms with van der Waals surface area (Å²) in [6.07, 6.45) is 2.27. The molecule has 0 aromatic heterocycles. The number of nitrogens with two attached hydrogens (primary N) is 1. The van der Waals surface area contributed by atoms with E-state index in [9.17, 15) is 9.59 Å². The molecule has 0 saturated carbocycles. The fraction of sp³-hybridized carbons (Fsp3) is 0.636. The molecule has 1 aromatic rings. The predicted octanol–water partition coefficient (Wildman–Crippen LogP) is 2.78. The molecule has 2 rings (SSSR count). The van der Waals surface area contributed by atoms with Crippen molar-refractivity contribution < 1.29 is 9.59 Å². The van der Waals surface area contributed by atoms with Gasteiger partial charge in [0.25, 0.3) is 0 Å². The van der Waals surface area contributed by atoms with E-state index in [-0.39, 0.29) is 23.9 Å². The van der Waals surface area contributed by atoms with E-state index < -0.39 is 0 Å².